The predicted molar refractivity (Wildman–Crippen MR) is 110 cm³/mol. The normalized spacial score (nSPS) is 9.25. The van der Waals surface area contributed by atoms with Crippen LogP contribution in [0.2, 0.25) is 0 Å². The summed E-state index contributed by atoms with van der Waals surface area (Å²) in [6.45, 7) is 2.15. The Labute approximate surface area is 303 Å². The van der Waals surface area contributed by atoms with Gasteiger partial charge in [-0.3, -0.25) is 0 Å². The quantitative estimate of drug-likeness (QED) is 0.298. The first kappa shape index (κ1) is 34.1. The van der Waals surface area contributed by atoms with Crippen molar-refractivity contribution < 1.29 is 170 Å². The third kappa shape index (κ3) is 7.44. The van der Waals surface area contributed by atoms with Gasteiger partial charge in [0.25, 0.3) is 0 Å². The van der Waals surface area contributed by atoms with E-state index in [2.05, 4.69) is 92.1 Å². The van der Waals surface area contributed by atoms with Gasteiger partial charge in [-0.15, -0.1) is 18.5 Å². The second-order valence-corrected chi connectivity index (χ2v) is 7.25. The Morgan fingerprint density at radius 3 is 1.68 bits per heavy atom. The summed E-state index contributed by atoms with van der Waals surface area (Å²) in [5, 5.41) is 7.66. The molecule has 0 aliphatic carbocycles. The Morgan fingerprint density at radius 2 is 1.07 bits per heavy atom. The van der Waals surface area contributed by atoms with E-state index in [1.165, 1.54) is 48.8 Å². The topological polar surface area (TPSA) is 0 Å². The van der Waals surface area contributed by atoms with Gasteiger partial charge in [0.1, 0.15) is 0 Å². The minimum atomic E-state index is 0. The maximum Gasteiger partial charge on any atom is 0 e. The largest absolute Gasteiger partial charge is 0.105 e. The van der Waals surface area contributed by atoms with Crippen molar-refractivity contribution in [3.63, 3.8) is 0 Å². The second-order valence-electron chi connectivity index (χ2n) is 6.01. The van der Waals surface area contributed by atoms with Gasteiger partial charge in [-0.25, -0.2) is 0 Å². The summed E-state index contributed by atoms with van der Waals surface area (Å²) in [6.07, 6.45) is 0. The molecular formula is C21H18Ar4P2V. The smallest absolute Gasteiger partial charge is 0 e. The Kier molecular flexibility index (Phi) is 19.1. The summed E-state index contributed by atoms with van der Waals surface area (Å²) in [4.78, 5) is 0. The molecule has 2 atom stereocenters. The van der Waals surface area contributed by atoms with Crippen LogP contribution in [-0.4, -0.2) is 0 Å². The van der Waals surface area contributed by atoms with Crippen molar-refractivity contribution in [3.8, 4) is 11.1 Å². The number of aryl methyl sites for hydroxylation is 1. The van der Waals surface area contributed by atoms with Crippen LogP contribution in [0.5, 0.6) is 0 Å². The van der Waals surface area contributed by atoms with Crippen molar-refractivity contribution in [1.29, 1.82) is 0 Å². The molecule has 4 rings (SSSR count). The fourth-order valence-electron chi connectivity index (χ4n) is 3.31. The first-order valence-corrected chi connectivity index (χ1v) is 8.87. The minimum absolute atomic E-state index is 0. The van der Waals surface area contributed by atoms with Crippen molar-refractivity contribution in [1.82, 2.24) is 0 Å². The van der Waals surface area contributed by atoms with Crippen LogP contribution >= 0.6 is 18.5 Å². The van der Waals surface area contributed by atoms with Crippen molar-refractivity contribution in [2.24, 2.45) is 0 Å². The molecule has 0 N–H and O–H groups in total. The maximum absolute atomic E-state index is 2.91. The predicted octanol–water partition coefficient (Wildman–Crippen LogP) is 4.97. The molecule has 0 aliphatic rings. The third-order valence-corrected chi connectivity index (χ3v) is 5.38. The maximum atomic E-state index is 2.91. The van der Waals surface area contributed by atoms with Crippen LogP contribution in [-0.2, 0) is 18.6 Å². The molecule has 4 aromatic carbocycles. The SMILES string of the molecule is Cc1ccc2c(-c3c(P)ccc4ccccc34)c(P)ccc2c1.[Ar].[Ar].[Ar].[Ar].[V]. The van der Waals surface area contributed by atoms with Crippen molar-refractivity contribution in [2.45, 2.75) is 6.92 Å². The molecule has 0 fully saturated rings. The van der Waals surface area contributed by atoms with Crippen LogP contribution in [0.4, 0.5) is 0 Å². The number of hydrogen-bond acceptors (Lipinski definition) is 0. The van der Waals surface area contributed by atoms with Gasteiger partial charge < -0.3 is 0 Å². The van der Waals surface area contributed by atoms with E-state index >= 15 is 0 Å². The van der Waals surface area contributed by atoms with E-state index < -0.39 is 0 Å². The zero-order valence-corrected chi connectivity index (χ0v) is 21.4. The molecule has 0 bridgehead atoms. The van der Waals surface area contributed by atoms with Crippen LogP contribution in [0, 0.1) is 158 Å². The molecule has 2 unspecified atom stereocenters. The average Bonchev–Trinajstić information content (AvgIpc) is 2.56. The van der Waals surface area contributed by atoms with Crippen molar-refractivity contribution in [3.05, 3.63) is 72.3 Å². The number of fused-ring (bicyclic) bond motifs is 2. The summed E-state index contributed by atoms with van der Waals surface area (Å²) in [6, 6.07) is 24.1. The standard InChI is InChI=1S/C21H18P2.4Ar.V/c1-13-6-9-17-15(12-13)8-11-19(23)21(17)20-16-5-3-2-4-14(16)7-10-18(20)22;;;;;/h2-12H,22-23H2,1H3;;;;;. The monoisotopic (exact) mass is 543 g/mol. The Balaban J connectivity index is 0. The summed E-state index contributed by atoms with van der Waals surface area (Å²) in [7, 11) is 5.81. The van der Waals surface area contributed by atoms with Gasteiger partial charge in [-0.1, -0.05) is 72.3 Å². The van der Waals surface area contributed by atoms with Gasteiger partial charge in [-0.05, 0) is 50.2 Å². The van der Waals surface area contributed by atoms with E-state index in [1.54, 1.807) is 0 Å². The van der Waals surface area contributed by atoms with Crippen LogP contribution < -0.4 is 10.6 Å². The van der Waals surface area contributed by atoms with Crippen LogP contribution in [0.25, 0.3) is 32.7 Å². The molecular weight excluding hydrogens is 525 g/mol. The van der Waals surface area contributed by atoms with E-state index in [0.29, 0.717) is 0 Å². The summed E-state index contributed by atoms with van der Waals surface area (Å²) < 4.78 is 0. The molecule has 0 spiro atoms. The number of benzene rings is 4. The summed E-state index contributed by atoms with van der Waals surface area (Å²) in [5.41, 5.74) is 3.92. The molecule has 149 valence electrons. The van der Waals surface area contributed by atoms with Gasteiger partial charge in [0, 0.05) is 170 Å². The Bertz CT molecular complexity index is 1070. The zero-order chi connectivity index (χ0) is 16.0. The Morgan fingerprint density at radius 1 is 0.571 bits per heavy atom. The van der Waals surface area contributed by atoms with Crippen molar-refractivity contribution >= 4 is 50.6 Å². The molecule has 0 heterocycles. The van der Waals surface area contributed by atoms with Gasteiger partial charge in [0.2, 0.25) is 0 Å². The molecule has 4 aromatic rings. The number of rotatable bonds is 1. The molecule has 0 saturated heterocycles. The van der Waals surface area contributed by atoms with Gasteiger partial charge >= 0.3 is 0 Å². The first-order valence-electron chi connectivity index (χ1n) is 7.71. The van der Waals surface area contributed by atoms with Gasteiger partial charge in [-0.2, -0.15) is 0 Å². The average molecular weight is 543 g/mol. The zero-order valence-electron chi connectivity index (χ0n) is 14.9. The molecule has 0 aromatic heterocycles. The van der Waals surface area contributed by atoms with E-state index in [9.17, 15) is 0 Å². The number of hydrogen-bond donors (Lipinski definition) is 0. The minimum Gasteiger partial charge on any atom is -0.105 e. The third-order valence-electron chi connectivity index (χ3n) is 4.42. The molecule has 0 saturated carbocycles. The molecule has 0 aliphatic heterocycles. The van der Waals surface area contributed by atoms with Gasteiger partial charge in [0.05, 0.1) is 0 Å². The Hall–Kier alpha value is 3.88. The molecule has 7 heteroatoms. The van der Waals surface area contributed by atoms with E-state index in [0.717, 1.165) is 0 Å². The van der Waals surface area contributed by atoms with E-state index in [1.807, 2.05) is 0 Å². The molecule has 1 radical (unpaired) electrons. The van der Waals surface area contributed by atoms with E-state index in [-0.39, 0.29) is 170 Å². The van der Waals surface area contributed by atoms with Crippen LogP contribution in [0.15, 0.2) is 66.7 Å². The van der Waals surface area contributed by atoms with Crippen molar-refractivity contribution in [2.75, 3.05) is 0 Å². The molecule has 0 nitrogen and oxygen atoms in total. The molecule has 28 heavy (non-hydrogen) atoms. The van der Waals surface area contributed by atoms with Gasteiger partial charge in [0.15, 0.2) is 0 Å². The van der Waals surface area contributed by atoms with Crippen LogP contribution in [0.3, 0.4) is 0 Å². The first-order chi connectivity index (χ1) is 11.1. The summed E-state index contributed by atoms with van der Waals surface area (Å²) in [5.74, 6) is 0. The molecule has 0 amide bonds. The summed E-state index contributed by atoms with van der Waals surface area (Å²) >= 11 is 0. The fraction of sp³-hybridized carbons (Fsp3) is 0.0476. The second kappa shape index (κ2) is 15.7. The fourth-order valence-corrected chi connectivity index (χ4v) is 4.10. The van der Waals surface area contributed by atoms with Crippen LogP contribution in [0.1, 0.15) is 5.56 Å². The van der Waals surface area contributed by atoms with E-state index in [4.69, 9.17) is 0 Å².